The molecule has 0 N–H and O–H groups in total. The molecule has 5 aromatic rings. The van der Waals surface area contributed by atoms with E-state index in [0.29, 0.717) is 35.0 Å². The van der Waals surface area contributed by atoms with Crippen molar-refractivity contribution in [2.24, 2.45) is 5.92 Å². The fraction of sp³-hybridized carbons (Fsp3) is 0.365. The molecule has 0 atom stereocenters. The summed E-state index contributed by atoms with van der Waals surface area (Å²) in [5.74, 6) is -0.976. The van der Waals surface area contributed by atoms with Gasteiger partial charge in [-0.3, -0.25) is 14.6 Å². The van der Waals surface area contributed by atoms with Crippen molar-refractivity contribution in [3.63, 3.8) is 0 Å². The third-order valence-corrected chi connectivity index (χ3v) is 10.8. The highest BCUT2D eigenvalue weighted by molar-refractivity contribution is 6.21. The average Bonchev–Trinajstić information content (AvgIpc) is 3.60. The van der Waals surface area contributed by atoms with Crippen LogP contribution >= 0.6 is 0 Å². The number of esters is 2. The maximum atomic E-state index is 13.7. The Morgan fingerprint density at radius 1 is 0.723 bits per heavy atom. The Morgan fingerprint density at radius 3 is 1.85 bits per heavy atom. The second-order valence-corrected chi connectivity index (χ2v) is 16.1. The maximum Gasteiger partial charge on any atom is 0.341 e. The smallest absolute Gasteiger partial charge is 0.341 e. The monoisotopic (exact) mass is 889 g/mol. The third kappa shape index (κ3) is 12.6. The highest BCUT2D eigenvalue weighted by atomic mass is 19.1. The van der Waals surface area contributed by atoms with Gasteiger partial charge in [0.05, 0.1) is 44.4 Å². The standard InChI is InChI=1S/C26H27FN2O3.C15H17FO3.C11H13NO2/c1-5-32-26(30)23-22(16-9-11-18(27)12-10-16)19-8-6-7-17-13-21(31-4)28-14-20(17)25(19)29-24(23)15(2)3;1-4-19-15(18)13(14(17)10(2)3)9-11-5-7-12(16)8-6-11;1-14-11-6-8-4-2-3-5-10(13)9(8)7-12-11/h9-15H,5-8H2,1-4H3;5-10H,4H2,1-3H3;6-7H,2-5H2,1H3. The fourth-order valence-corrected chi connectivity index (χ4v) is 7.59. The molecule has 0 amide bonds. The summed E-state index contributed by atoms with van der Waals surface area (Å²) >= 11 is 0. The van der Waals surface area contributed by atoms with Crippen molar-refractivity contribution in [3.8, 4) is 34.1 Å². The van der Waals surface area contributed by atoms with Gasteiger partial charge in [-0.25, -0.2) is 28.3 Å². The van der Waals surface area contributed by atoms with E-state index in [-0.39, 0.29) is 53.8 Å². The van der Waals surface area contributed by atoms with Gasteiger partial charge < -0.3 is 18.9 Å². The van der Waals surface area contributed by atoms with E-state index in [4.69, 9.17) is 23.9 Å². The van der Waals surface area contributed by atoms with Gasteiger partial charge in [0.1, 0.15) is 17.2 Å². The van der Waals surface area contributed by atoms with E-state index in [2.05, 4.69) is 9.97 Å². The molecule has 11 nitrogen and oxygen atoms in total. The highest BCUT2D eigenvalue weighted by Gasteiger charge is 2.30. The summed E-state index contributed by atoms with van der Waals surface area (Å²) in [6.07, 6.45) is 11.0. The maximum absolute atomic E-state index is 13.7. The summed E-state index contributed by atoms with van der Waals surface area (Å²) in [5.41, 5.74) is 8.98. The molecule has 2 aromatic carbocycles. The number of carbonyl (C=O) groups is 4. The number of aromatic nitrogens is 3. The molecule has 0 fully saturated rings. The molecule has 342 valence electrons. The van der Waals surface area contributed by atoms with Gasteiger partial charge in [0, 0.05) is 53.6 Å². The van der Waals surface area contributed by atoms with Crippen LogP contribution in [0.25, 0.3) is 28.5 Å². The number of ketones is 2. The Morgan fingerprint density at radius 2 is 1.28 bits per heavy atom. The van der Waals surface area contributed by atoms with E-state index in [1.165, 1.54) is 42.5 Å². The van der Waals surface area contributed by atoms with Crippen LogP contribution in [0.5, 0.6) is 11.8 Å². The topological polar surface area (TPSA) is 144 Å². The van der Waals surface area contributed by atoms with Crippen LogP contribution in [0, 0.1) is 17.6 Å². The van der Waals surface area contributed by atoms with Crippen LogP contribution in [-0.2, 0) is 38.3 Å². The number of nitrogens with zero attached hydrogens (tertiary/aromatic N) is 3. The molecular weight excluding hydrogens is 833 g/mol. The largest absolute Gasteiger partial charge is 0.481 e. The van der Waals surface area contributed by atoms with E-state index >= 15 is 0 Å². The van der Waals surface area contributed by atoms with E-state index in [1.807, 2.05) is 26.0 Å². The number of ether oxygens (including phenoxy) is 4. The number of Topliss-reactive ketones (excluding diaryl/α,β-unsaturated/α-hetero) is 2. The molecule has 2 aliphatic rings. The van der Waals surface area contributed by atoms with Crippen LogP contribution in [0.4, 0.5) is 8.78 Å². The number of carbonyl (C=O) groups excluding carboxylic acids is 4. The first-order chi connectivity index (χ1) is 31.2. The highest BCUT2D eigenvalue weighted by Crippen LogP contribution is 2.42. The minimum absolute atomic E-state index is 0.0107. The lowest BCUT2D eigenvalue weighted by Crippen LogP contribution is -2.19. The molecule has 0 radical (unpaired) electrons. The minimum atomic E-state index is -0.648. The number of halogens is 2. The van der Waals surface area contributed by atoms with Crippen molar-refractivity contribution in [2.45, 2.75) is 92.4 Å². The summed E-state index contributed by atoms with van der Waals surface area (Å²) in [7, 11) is 3.19. The third-order valence-electron chi connectivity index (χ3n) is 10.8. The van der Waals surface area contributed by atoms with E-state index in [9.17, 15) is 28.0 Å². The van der Waals surface area contributed by atoms with E-state index in [0.717, 1.165) is 83.2 Å². The minimum Gasteiger partial charge on any atom is -0.481 e. The van der Waals surface area contributed by atoms with Crippen LogP contribution < -0.4 is 9.47 Å². The number of hydrogen-bond acceptors (Lipinski definition) is 11. The predicted molar refractivity (Wildman–Crippen MR) is 245 cm³/mol. The first-order valence-electron chi connectivity index (χ1n) is 22.0. The van der Waals surface area contributed by atoms with Gasteiger partial charge in [0.15, 0.2) is 11.6 Å². The first kappa shape index (κ1) is 49.4. The zero-order valence-corrected chi connectivity index (χ0v) is 38.4. The summed E-state index contributed by atoms with van der Waals surface area (Å²) in [4.78, 5) is 62.1. The zero-order valence-electron chi connectivity index (χ0n) is 38.4. The number of benzene rings is 2. The number of pyridine rings is 3. The molecule has 13 heteroatoms. The van der Waals surface area contributed by atoms with Crippen LogP contribution in [0.15, 0.2) is 78.6 Å². The zero-order chi connectivity index (χ0) is 47.2. The van der Waals surface area contributed by atoms with Gasteiger partial charge >= 0.3 is 11.9 Å². The Labute approximate surface area is 379 Å². The SMILES string of the molecule is CCOC(=O)C(=Cc1ccc(F)cc1)C(=O)C(C)C.CCOC(=O)c1c(C(C)C)nc2c(c1-c1ccc(F)cc1)CCCc1cc(OC)ncc1-2.COc1cc2c(cn1)C(=O)CCCC2. The number of rotatable bonds is 11. The molecule has 0 bridgehead atoms. The quantitative estimate of drug-likeness (QED) is 0.0411. The molecule has 0 saturated heterocycles. The normalized spacial score (nSPS) is 13.0. The van der Waals surface area contributed by atoms with Gasteiger partial charge in [-0.2, -0.15) is 0 Å². The Kier molecular flexibility index (Phi) is 17.7. The van der Waals surface area contributed by atoms with Gasteiger partial charge in [0.2, 0.25) is 11.8 Å². The molecule has 0 spiro atoms. The van der Waals surface area contributed by atoms with Crippen LogP contribution in [0.1, 0.15) is 122 Å². The van der Waals surface area contributed by atoms with Crippen molar-refractivity contribution in [3.05, 3.63) is 129 Å². The van der Waals surface area contributed by atoms with Crippen molar-refractivity contribution < 1.29 is 46.9 Å². The second-order valence-electron chi connectivity index (χ2n) is 16.1. The number of aryl methyl sites for hydroxylation is 2. The molecule has 7 rings (SSSR count). The van der Waals surface area contributed by atoms with E-state index in [1.54, 1.807) is 66.4 Å². The number of fused-ring (bicyclic) bond motifs is 4. The molecule has 0 saturated carbocycles. The Bertz CT molecular complexity index is 2520. The Hall–Kier alpha value is -6.63. The lowest BCUT2D eigenvalue weighted by molar-refractivity contribution is -0.140. The molecular formula is C52H57F2N3O8. The second kappa shape index (κ2) is 23.3. The van der Waals surface area contributed by atoms with Crippen LogP contribution in [-0.4, -0.2) is 65.9 Å². The lowest BCUT2D eigenvalue weighted by Gasteiger charge is -2.22. The molecule has 65 heavy (non-hydrogen) atoms. The van der Waals surface area contributed by atoms with Gasteiger partial charge in [-0.15, -0.1) is 0 Å². The predicted octanol–water partition coefficient (Wildman–Crippen LogP) is 10.7. The molecule has 2 aliphatic carbocycles. The summed E-state index contributed by atoms with van der Waals surface area (Å²) < 4.78 is 47.2. The summed E-state index contributed by atoms with van der Waals surface area (Å²) in [6.45, 7) is 11.4. The van der Waals surface area contributed by atoms with Crippen molar-refractivity contribution in [1.29, 1.82) is 0 Å². The van der Waals surface area contributed by atoms with Gasteiger partial charge in [-0.1, -0.05) is 52.0 Å². The van der Waals surface area contributed by atoms with E-state index < -0.39 is 11.9 Å². The van der Waals surface area contributed by atoms with Crippen molar-refractivity contribution in [2.75, 3.05) is 27.4 Å². The average molecular weight is 890 g/mol. The fourth-order valence-electron chi connectivity index (χ4n) is 7.59. The van der Waals surface area contributed by atoms with Gasteiger partial charge in [0.25, 0.3) is 0 Å². The van der Waals surface area contributed by atoms with Crippen molar-refractivity contribution in [1.82, 2.24) is 15.0 Å². The Balaban J connectivity index is 0.000000203. The molecule has 0 aliphatic heterocycles. The first-order valence-corrected chi connectivity index (χ1v) is 22.0. The lowest BCUT2D eigenvalue weighted by atomic mass is 9.87. The molecule has 0 unspecified atom stereocenters. The summed E-state index contributed by atoms with van der Waals surface area (Å²) in [5, 5.41) is 0. The van der Waals surface area contributed by atoms with Crippen molar-refractivity contribution >= 4 is 29.6 Å². The number of hydrogen-bond donors (Lipinski definition) is 0. The van der Waals surface area contributed by atoms with Crippen LogP contribution in [0.2, 0.25) is 0 Å². The van der Waals surface area contributed by atoms with Gasteiger partial charge in [-0.05, 0) is 116 Å². The molecule has 3 heterocycles. The summed E-state index contributed by atoms with van der Waals surface area (Å²) in [6, 6.07) is 15.7. The number of methoxy groups -OCH3 is 2. The van der Waals surface area contributed by atoms with Crippen LogP contribution in [0.3, 0.4) is 0 Å². The molecule has 3 aromatic heterocycles.